The Hall–Kier alpha value is -0.810. The summed E-state index contributed by atoms with van der Waals surface area (Å²) in [6.07, 6.45) is 2.86. The van der Waals surface area contributed by atoms with Crippen LogP contribution in [0.5, 0.6) is 0 Å². The summed E-state index contributed by atoms with van der Waals surface area (Å²) in [5.74, 6) is 0.374. The molecule has 2 atom stereocenters. The highest BCUT2D eigenvalue weighted by Gasteiger charge is 2.29. The van der Waals surface area contributed by atoms with Gasteiger partial charge in [-0.25, -0.2) is 4.79 Å². The lowest BCUT2D eigenvalue weighted by atomic mass is 10.1. The van der Waals surface area contributed by atoms with Crippen molar-refractivity contribution in [3.8, 4) is 0 Å². The molecule has 1 saturated heterocycles. The molecule has 1 fully saturated rings. The lowest BCUT2D eigenvalue weighted by molar-refractivity contribution is 0.0291. The van der Waals surface area contributed by atoms with E-state index in [1.807, 2.05) is 20.8 Å². The Kier molecular flexibility index (Phi) is 6.76. The predicted octanol–water partition coefficient (Wildman–Crippen LogP) is 1.99. The van der Waals surface area contributed by atoms with Crippen molar-refractivity contribution in [2.75, 3.05) is 26.2 Å². The van der Waals surface area contributed by atoms with E-state index in [4.69, 9.17) is 9.84 Å². The van der Waals surface area contributed by atoms with Gasteiger partial charge in [-0.15, -0.1) is 0 Å². The van der Waals surface area contributed by atoms with Crippen molar-refractivity contribution in [3.63, 3.8) is 0 Å². The number of carbonyl (C=O) groups is 1. The van der Waals surface area contributed by atoms with Gasteiger partial charge in [-0.2, -0.15) is 0 Å². The smallest absolute Gasteiger partial charge is 0.410 e. The minimum Gasteiger partial charge on any atom is -0.444 e. The average Bonchev–Trinajstić information content (AvgIpc) is 2.81. The van der Waals surface area contributed by atoms with E-state index >= 15 is 0 Å². The molecule has 0 aromatic carbocycles. The molecule has 0 aromatic rings. The van der Waals surface area contributed by atoms with Gasteiger partial charge in [0.15, 0.2) is 0 Å². The van der Waals surface area contributed by atoms with Gasteiger partial charge in [0.2, 0.25) is 0 Å². The minimum atomic E-state index is -0.428. The normalized spacial score (nSPS) is 21.1. The fraction of sp³-hybridized carbons (Fsp3) is 0.933. The summed E-state index contributed by atoms with van der Waals surface area (Å²) in [7, 11) is 0. The molecule has 20 heavy (non-hydrogen) atoms. The highest BCUT2D eigenvalue weighted by molar-refractivity contribution is 5.68. The monoisotopic (exact) mass is 286 g/mol. The van der Waals surface area contributed by atoms with Crippen LogP contribution in [0.15, 0.2) is 0 Å². The average molecular weight is 286 g/mol. The van der Waals surface area contributed by atoms with Crippen LogP contribution in [0, 0.1) is 5.92 Å². The van der Waals surface area contributed by atoms with Crippen LogP contribution in [0.4, 0.5) is 4.79 Å². The molecule has 118 valence electrons. The van der Waals surface area contributed by atoms with Gasteiger partial charge < -0.3 is 20.1 Å². The van der Waals surface area contributed by atoms with Gasteiger partial charge in [0.25, 0.3) is 0 Å². The van der Waals surface area contributed by atoms with Crippen LogP contribution < -0.4 is 5.32 Å². The number of aliphatic hydroxyl groups is 1. The number of carbonyl (C=O) groups excluding carboxylic acids is 1. The summed E-state index contributed by atoms with van der Waals surface area (Å²) in [6.45, 7) is 10.4. The molecule has 0 spiro atoms. The molecule has 0 aromatic heterocycles. The van der Waals surface area contributed by atoms with Crippen molar-refractivity contribution in [1.82, 2.24) is 10.2 Å². The highest BCUT2D eigenvalue weighted by Crippen LogP contribution is 2.15. The molecular weight excluding hydrogens is 256 g/mol. The van der Waals surface area contributed by atoms with Crippen LogP contribution >= 0.6 is 0 Å². The second-order valence-corrected chi connectivity index (χ2v) is 6.80. The zero-order chi connectivity index (χ0) is 15.2. The van der Waals surface area contributed by atoms with Gasteiger partial charge in [0.1, 0.15) is 5.60 Å². The Morgan fingerprint density at radius 1 is 1.50 bits per heavy atom. The van der Waals surface area contributed by atoms with Gasteiger partial charge in [-0.3, -0.25) is 0 Å². The number of amides is 1. The van der Waals surface area contributed by atoms with Crippen molar-refractivity contribution in [1.29, 1.82) is 0 Å². The standard InChI is InChI=1S/C15H30N2O3/c1-12(11-18)6-5-8-16-13-7-9-17(10-13)14(19)20-15(2,3)4/h12-13,16,18H,5-11H2,1-4H3. The third kappa shape index (κ3) is 6.57. The Morgan fingerprint density at radius 2 is 2.20 bits per heavy atom. The molecule has 0 saturated carbocycles. The van der Waals surface area contributed by atoms with Crippen molar-refractivity contribution in [3.05, 3.63) is 0 Å². The summed E-state index contributed by atoms with van der Waals surface area (Å²) >= 11 is 0. The summed E-state index contributed by atoms with van der Waals surface area (Å²) in [5.41, 5.74) is -0.428. The van der Waals surface area contributed by atoms with Gasteiger partial charge in [-0.05, 0) is 52.5 Å². The van der Waals surface area contributed by atoms with Crippen LogP contribution in [0.25, 0.3) is 0 Å². The van der Waals surface area contributed by atoms with Gasteiger partial charge in [0.05, 0.1) is 0 Å². The first-order valence-electron chi connectivity index (χ1n) is 7.64. The first-order chi connectivity index (χ1) is 9.31. The maximum absolute atomic E-state index is 11.9. The molecule has 5 nitrogen and oxygen atoms in total. The number of likely N-dealkylation sites (tertiary alicyclic amines) is 1. The number of hydrogen-bond acceptors (Lipinski definition) is 4. The van der Waals surface area contributed by atoms with Gasteiger partial charge >= 0.3 is 6.09 Å². The van der Waals surface area contributed by atoms with E-state index in [2.05, 4.69) is 12.2 Å². The highest BCUT2D eigenvalue weighted by atomic mass is 16.6. The molecular formula is C15H30N2O3. The van der Waals surface area contributed by atoms with Crippen LogP contribution in [-0.2, 0) is 4.74 Å². The first-order valence-corrected chi connectivity index (χ1v) is 7.64. The Balaban J connectivity index is 2.18. The van der Waals surface area contributed by atoms with Gasteiger partial charge in [-0.1, -0.05) is 6.92 Å². The fourth-order valence-corrected chi connectivity index (χ4v) is 2.27. The Morgan fingerprint density at radius 3 is 2.80 bits per heavy atom. The molecule has 1 heterocycles. The third-order valence-electron chi connectivity index (χ3n) is 3.46. The number of ether oxygens (including phenoxy) is 1. The number of rotatable bonds is 6. The molecule has 1 aliphatic heterocycles. The lowest BCUT2D eigenvalue weighted by Crippen LogP contribution is -2.38. The van der Waals surface area contributed by atoms with E-state index < -0.39 is 5.60 Å². The minimum absolute atomic E-state index is 0.212. The zero-order valence-electron chi connectivity index (χ0n) is 13.3. The third-order valence-corrected chi connectivity index (χ3v) is 3.46. The zero-order valence-corrected chi connectivity index (χ0v) is 13.3. The van der Waals surface area contributed by atoms with E-state index in [0.29, 0.717) is 12.0 Å². The largest absolute Gasteiger partial charge is 0.444 e. The van der Waals surface area contributed by atoms with Crippen LogP contribution in [-0.4, -0.2) is 54.0 Å². The number of nitrogens with zero attached hydrogens (tertiary/aromatic N) is 1. The number of nitrogens with one attached hydrogen (secondary N) is 1. The summed E-state index contributed by atoms with van der Waals surface area (Å²) in [4.78, 5) is 13.7. The summed E-state index contributed by atoms with van der Waals surface area (Å²) in [5, 5.41) is 12.4. The van der Waals surface area contributed by atoms with Crippen molar-refractivity contribution in [2.45, 2.75) is 58.6 Å². The van der Waals surface area contributed by atoms with Crippen molar-refractivity contribution in [2.24, 2.45) is 5.92 Å². The fourth-order valence-electron chi connectivity index (χ4n) is 2.27. The van der Waals surface area contributed by atoms with E-state index in [-0.39, 0.29) is 12.7 Å². The quantitative estimate of drug-likeness (QED) is 0.733. The molecule has 1 aliphatic rings. The molecule has 0 bridgehead atoms. The molecule has 2 N–H and O–H groups in total. The SMILES string of the molecule is CC(CO)CCCNC1CCN(C(=O)OC(C)(C)C)C1. The van der Waals surface area contributed by atoms with Gasteiger partial charge in [0, 0.05) is 25.7 Å². The molecule has 0 aliphatic carbocycles. The number of hydrogen-bond donors (Lipinski definition) is 2. The summed E-state index contributed by atoms with van der Waals surface area (Å²) < 4.78 is 5.37. The van der Waals surface area contributed by atoms with E-state index in [0.717, 1.165) is 38.9 Å². The molecule has 1 rings (SSSR count). The van der Waals surface area contributed by atoms with E-state index in [1.165, 1.54) is 0 Å². The molecule has 0 radical (unpaired) electrons. The Labute approximate surface area is 122 Å². The van der Waals surface area contributed by atoms with Crippen molar-refractivity contribution >= 4 is 6.09 Å². The van der Waals surface area contributed by atoms with E-state index in [9.17, 15) is 4.79 Å². The molecule has 1 amide bonds. The van der Waals surface area contributed by atoms with Crippen LogP contribution in [0.1, 0.15) is 47.0 Å². The lowest BCUT2D eigenvalue weighted by Gasteiger charge is -2.24. The van der Waals surface area contributed by atoms with Crippen LogP contribution in [0.3, 0.4) is 0 Å². The summed E-state index contributed by atoms with van der Waals surface area (Å²) in [6, 6.07) is 0.368. The second kappa shape index (κ2) is 7.84. The number of aliphatic hydroxyl groups excluding tert-OH is 1. The Bertz CT molecular complexity index is 302. The predicted molar refractivity (Wildman–Crippen MR) is 79.7 cm³/mol. The molecule has 2 unspecified atom stereocenters. The van der Waals surface area contributed by atoms with E-state index in [1.54, 1.807) is 4.90 Å². The van der Waals surface area contributed by atoms with Crippen molar-refractivity contribution < 1.29 is 14.6 Å². The van der Waals surface area contributed by atoms with Crippen LogP contribution in [0.2, 0.25) is 0 Å². The maximum Gasteiger partial charge on any atom is 0.410 e. The first kappa shape index (κ1) is 17.2. The topological polar surface area (TPSA) is 61.8 Å². The molecule has 5 heteroatoms. The maximum atomic E-state index is 11.9. The second-order valence-electron chi connectivity index (χ2n) is 6.80.